The first-order valence-corrected chi connectivity index (χ1v) is 2.94. The lowest BCUT2D eigenvalue weighted by atomic mass is 10.4. The molecule has 10 heavy (non-hydrogen) atoms. The molecular weight excluding hydrogens is 130 g/mol. The summed E-state index contributed by atoms with van der Waals surface area (Å²) in [6, 6.07) is 3.54. The first kappa shape index (κ1) is 7.05. The van der Waals surface area contributed by atoms with Crippen LogP contribution in [0.1, 0.15) is 5.76 Å². The summed E-state index contributed by atoms with van der Waals surface area (Å²) in [5, 5.41) is 8.60. The third-order valence-corrected chi connectivity index (χ3v) is 1.00. The molecule has 0 saturated carbocycles. The molecule has 1 aromatic heterocycles. The lowest BCUT2D eigenvalue weighted by molar-refractivity contribution is 0.232. The van der Waals surface area contributed by atoms with Crippen LogP contribution in [0.5, 0.6) is 0 Å². The van der Waals surface area contributed by atoms with Crippen LogP contribution in [0.25, 0.3) is 6.08 Å². The standard InChI is InChI=1S/C7H9NO2/c8-7(9)4-3-6-2-1-5-10-6/h1-5,7,9H,8H2/b4-3+/t7-/m1/s1. The van der Waals surface area contributed by atoms with Crippen molar-refractivity contribution in [3.8, 4) is 0 Å². The van der Waals surface area contributed by atoms with Gasteiger partial charge in [-0.15, -0.1) is 0 Å². The molecule has 0 aliphatic heterocycles. The topological polar surface area (TPSA) is 59.4 Å². The van der Waals surface area contributed by atoms with E-state index in [9.17, 15) is 0 Å². The van der Waals surface area contributed by atoms with Crippen molar-refractivity contribution >= 4 is 6.08 Å². The molecule has 3 nitrogen and oxygen atoms in total. The van der Waals surface area contributed by atoms with Gasteiger partial charge in [-0.2, -0.15) is 0 Å². The maximum absolute atomic E-state index is 8.60. The molecule has 0 saturated heterocycles. The molecule has 0 unspecified atom stereocenters. The molecular formula is C7H9NO2. The molecule has 0 fully saturated rings. The molecule has 0 radical (unpaired) electrons. The van der Waals surface area contributed by atoms with Crippen LogP contribution in [-0.4, -0.2) is 11.3 Å². The molecule has 0 aliphatic rings. The van der Waals surface area contributed by atoms with E-state index in [0.29, 0.717) is 5.76 Å². The minimum Gasteiger partial charge on any atom is -0.465 e. The van der Waals surface area contributed by atoms with E-state index in [2.05, 4.69) is 0 Å². The van der Waals surface area contributed by atoms with Gasteiger partial charge in [0.2, 0.25) is 0 Å². The average Bonchev–Trinajstić information content (AvgIpc) is 2.34. The number of aliphatic hydroxyl groups excluding tert-OH is 1. The van der Waals surface area contributed by atoms with Crippen LogP contribution in [-0.2, 0) is 0 Å². The van der Waals surface area contributed by atoms with Crippen molar-refractivity contribution in [3.63, 3.8) is 0 Å². The zero-order chi connectivity index (χ0) is 7.40. The summed E-state index contributed by atoms with van der Waals surface area (Å²) in [6.07, 6.45) is 3.71. The first-order valence-electron chi connectivity index (χ1n) is 2.94. The quantitative estimate of drug-likeness (QED) is 0.589. The lowest BCUT2D eigenvalue weighted by Gasteiger charge is -1.90. The van der Waals surface area contributed by atoms with Crippen molar-refractivity contribution in [3.05, 3.63) is 30.2 Å². The molecule has 3 heteroatoms. The van der Waals surface area contributed by atoms with Crippen molar-refractivity contribution in [2.24, 2.45) is 5.73 Å². The highest BCUT2D eigenvalue weighted by atomic mass is 16.3. The Morgan fingerprint density at radius 3 is 3.00 bits per heavy atom. The Morgan fingerprint density at radius 1 is 1.70 bits per heavy atom. The second kappa shape index (κ2) is 3.20. The van der Waals surface area contributed by atoms with Gasteiger partial charge >= 0.3 is 0 Å². The van der Waals surface area contributed by atoms with E-state index in [-0.39, 0.29) is 0 Å². The summed E-state index contributed by atoms with van der Waals surface area (Å²) in [5.41, 5.74) is 5.04. The van der Waals surface area contributed by atoms with Gasteiger partial charge in [0.15, 0.2) is 0 Å². The zero-order valence-corrected chi connectivity index (χ0v) is 5.40. The Hall–Kier alpha value is -1.06. The molecule has 54 valence electrons. The second-order valence-electron chi connectivity index (χ2n) is 1.87. The molecule has 0 aromatic carbocycles. The van der Waals surface area contributed by atoms with E-state index in [1.54, 1.807) is 24.5 Å². The first-order chi connectivity index (χ1) is 4.79. The van der Waals surface area contributed by atoms with E-state index in [1.807, 2.05) is 0 Å². The normalized spacial score (nSPS) is 14.2. The molecule has 3 N–H and O–H groups in total. The molecule has 1 atom stereocenters. The third-order valence-electron chi connectivity index (χ3n) is 1.00. The zero-order valence-electron chi connectivity index (χ0n) is 5.40. The number of aliphatic hydroxyl groups is 1. The predicted octanol–water partition coefficient (Wildman–Crippen LogP) is 0.570. The summed E-state index contributed by atoms with van der Waals surface area (Å²) in [4.78, 5) is 0. The largest absolute Gasteiger partial charge is 0.465 e. The number of furan rings is 1. The molecule has 1 aromatic rings. The molecule has 1 heterocycles. The van der Waals surface area contributed by atoms with Gasteiger partial charge in [0.05, 0.1) is 6.26 Å². The SMILES string of the molecule is N[C@H](O)/C=C/c1ccco1. The predicted molar refractivity (Wildman–Crippen MR) is 37.9 cm³/mol. The van der Waals surface area contributed by atoms with Crippen molar-refractivity contribution in [1.82, 2.24) is 0 Å². The van der Waals surface area contributed by atoms with Gasteiger partial charge < -0.3 is 15.3 Å². The number of hydrogen-bond acceptors (Lipinski definition) is 3. The summed E-state index contributed by atoms with van der Waals surface area (Å²) >= 11 is 0. The van der Waals surface area contributed by atoms with Gasteiger partial charge in [0.1, 0.15) is 12.0 Å². The Morgan fingerprint density at radius 2 is 2.50 bits per heavy atom. The number of nitrogens with two attached hydrogens (primary N) is 1. The van der Waals surface area contributed by atoms with E-state index in [0.717, 1.165) is 0 Å². The number of rotatable bonds is 2. The second-order valence-corrected chi connectivity index (χ2v) is 1.87. The fourth-order valence-corrected chi connectivity index (χ4v) is 0.580. The van der Waals surface area contributed by atoms with Crippen molar-refractivity contribution in [1.29, 1.82) is 0 Å². The van der Waals surface area contributed by atoms with Crippen LogP contribution in [0.3, 0.4) is 0 Å². The van der Waals surface area contributed by atoms with E-state index < -0.39 is 6.23 Å². The van der Waals surface area contributed by atoms with Gasteiger partial charge in [-0.25, -0.2) is 0 Å². The van der Waals surface area contributed by atoms with Crippen LogP contribution < -0.4 is 5.73 Å². The van der Waals surface area contributed by atoms with Crippen LogP contribution in [0.2, 0.25) is 0 Å². The smallest absolute Gasteiger partial charge is 0.126 e. The summed E-state index contributed by atoms with van der Waals surface area (Å²) < 4.78 is 4.93. The highest BCUT2D eigenvalue weighted by Gasteiger charge is 1.88. The Bertz CT molecular complexity index is 201. The monoisotopic (exact) mass is 139 g/mol. The maximum Gasteiger partial charge on any atom is 0.126 e. The average molecular weight is 139 g/mol. The summed E-state index contributed by atoms with van der Waals surface area (Å²) in [6.45, 7) is 0. The highest BCUT2D eigenvalue weighted by molar-refractivity contribution is 5.42. The van der Waals surface area contributed by atoms with Gasteiger partial charge in [-0.3, -0.25) is 0 Å². The van der Waals surface area contributed by atoms with Crippen LogP contribution >= 0.6 is 0 Å². The van der Waals surface area contributed by atoms with E-state index in [1.165, 1.54) is 6.08 Å². The van der Waals surface area contributed by atoms with Gasteiger partial charge in [0, 0.05) is 0 Å². The third kappa shape index (κ3) is 2.05. The van der Waals surface area contributed by atoms with Crippen molar-refractivity contribution in [2.45, 2.75) is 6.23 Å². The van der Waals surface area contributed by atoms with Crippen LogP contribution in [0, 0.1) is 0 Å². The molecule has 0 bridgehead atoms. The van der Waals surface area contributed by atoms with Crippen molar-refractivity contribution in [2.75, 3.05) is 0 Å². The van der Waals surface area contributed by atoms with Gasteiger partial charge in [0.25, 0.3) is 0 Å². The fourth-order valence-electron chi connectivity index (χ4n) is 0.580. The number of hydrogen-bond donors (Lipinski definition) is 2. The minimum absolute atomic E-state index is 0.685. The van der Waals surface area contributed by atoms with Gasteiger partial charge in [-0.05, 0) is 24.3 Å². The Balaban J connectivity index is 2.55. The highest BCUT2D eigenvalue weighted by Crippen LogP contribution is 2.01. The molecule has 1 rings (SSSR count). The summed E-state index contributed by atoms with van der Waals surface area (Å²) in [5.74, 6) is 0.685. The van der Waals surface area contributed by atoms with Crippen LogP contribution in [0.15, 0.2) is 28.9 Å². The van der Waals surface area contributed by atoms with Crippen LogP contribution in [0.4, 0.5) is 0 Å². The van der Waals surface area contributed by atoms with Crippen molar-refractivity contribution < 1.29 is 9.52 Å². The maximum atomic E-state index is 8.60. The van der Waals surface area contributed by atoms with E-state index >= 15 is 0 Å². The lowest BCUT2D eigenvalue weighted by Crippen LogP contribution is -2.14. The summed E-state index contributed by atoms with van der Waals surface area (Å²) in [7, 11) is 0. The molecule has 0 spiro atoms. The Labute approximate surface area is 58.8 Å². The fraction of sp³-hybridized carbons (Fsp3) is 0.143. The molecule has 0 aliphatic carbocycles. The molecule has 0 amide bonds. The minimum atomic E-state index is -0.912. The Kier molecular flexibility index (Phi) is 2.25. The van der Waals surface area contributed by atoms with E-state index in [4.69, 9.17) is 15.3 Å². The van der Waals surface area contributed by atoms with Gasteiger partial charge in [-0.1, -0.05) is 0 Å².